The van der Waals surface area contributed by atoms with Crippen LogP contribution in [-0.2, 0) is 11.3 Å². The SMILES string of the molecule is COCCNCc1cc(F)c(Sc2ccncn2)c(F)c1. The standard InChI is InChI=1S/C14H15F2N3OS/c1-20-5-4-17-8-10-6-11(15)14(12(16)7-10)21-13-2-3-18-9-19-13/h2-3,6-7,9,17H,4-5,8H2,1H3. The maximum Gasteiger partial charge on any atom is 0.140 e. The zero-order chi connectivity index (χ0) is 15.1. The lowest BCUT2D eigenvalue weighted by Gasteiger charge is -2.08. The summed E-state index contributed by atoms with van der Waals surface area (Å²) in [5.74, 6) is -1.19. The van der Waals surface area contributed by atoms with E-state index in [1.54, 1.807) is 13.2 Å². The predicted octanol–water partition coefficient (Wildman–Crippen LogP) is 2.64. The highest BCUT2D eigenvalue weighted by Crippen LogP contribution is 2.31. The zero-order valence-electron chi connectivity index (χ0n) is 11.5. The Bertz CT molecular complexity index is 561. The molecule has 0 unspecified atom stereocenters. The van der Waals surface area contributed by atoms with Crippen LogP contribution < -0.4 is 5.32 Å². The van der Waals surface area contributed by atoms with Crippen LogP contribution in [0.1, 0.15) is 5.56 Å². The van der Waals surface area contributed by atoms with Gasteiger partial charge < -0.3 is 10.1 Å². The van der Waals surface area contributed by atoms with Crippen LogP contribution in [0, 0.1) is 11.6 Å². The second-order valence-electron chi connectivity index (χ2n) is 4.21. The van der Waals surface area contributed by atoms with Crippen molar-refractivity contribution in [1.82, 2.24) is 15.3 Å². The monoisotopic (exact) mass is 311 g/mol. The van der Waals surface area contributed by atoms with Gasteiger partial charge in [-0.3, -0.25) is 0 Å². The van der Waals surface area contributed by atoms with Crippen LogP contribution in [0.15, 0.2) is 40.6 Å². The Labute approximate surface area is 126 Å². The molecule has 1 heterocycles. The molecule has 1 aromatic carbocycles. The summed E-state index contributed by atoms with van der Waals surface area (Å²) in [5.41, 5.74) is 0.549. The van der Waals surface area contributed by atoms with Crippen LogP contribution in [0.3, 0.4) is 0 Å². The topological polar surface area (TPSA) is 47.0 Å². The molecular formula is C14H15F2N3OS. The van der Waals surface area contributed by atoms with E-state index in [0.717, 1.165) is 11.8 Å². The highest BCUT2D eigenvalue weighted by atomic mass is 32.2. The van der Waals surface area contributed by atoms with Crippen molar-refractivity contribution in [3.05, 3.63) is 47.9 Å². The molecule has 0 aliphatic rings. The summed E-state index contributed by atoms with van der Waals surface area (Å²) in [4.78, 5) is 7.64. The Morgan fingerprint density at radius 2 is 2.05 bits per heavy atom. The lowest BCUT2D eigenvalue weighted by atomic mass is 10.2. The molecule has 0 saturated carbocycles. The van der Waals surface area contributed by atoms with Gasteiger partial charge in [0.15, 0.2) is 0 Å². The zero-order valence-corrected chi connectivity index (χ0v) is 12.3. The van der Waals surface area contributed by atoms with Crippen molar-refractivity contribution in [2.45, 2.75) is 16.5 Å². The van der Waals surface area contributed by atoms with Gasteiger partial charge in [0.25, 0.3) is 0 Å². The summed E-state index contributed by atoms with van der Waals surface area (Å²) in [6.45, 7) is 1.56. The lowest BCUT2D eigenvalue weighted by molar-refractivity contribution is 0.199. The van der Waals surface area contributed by atoms with E-state index in [2.05, 4.69) is 15.3 Å². The fourth-order valence-corrected chi connectivity index (χ4v) is 2.41. The second-order valence-corrected chi connectivity index (χ2v) is 5.24. The Kier molecular flexibility index (Phi) is 6.04. The number of methoxy groups -OCH3 is 1. The number of nitrogens with zero attached hydrogens (tertiary/aromatic N) is 2. The number of benzene rings is 1. The molecule has 1 N–H and O–H groups in total. The number of hydrogen-bond acceptors (Lipinski definition) is 5. The first-order valence-electron chi connectivity index (χ1n) is 6.32. The number of halogens is 2. The summed E-state index contributed by atoms with van der Waals surface area (Å²) in [7, 11) is 1.60. The minimum atomic E-state index is -0.595. The van der Waals surface area contributed by atoms with Crippen LogP contribution in [0.2, 0.25) is 0 Å². The molecule has 0 aliphatic carbocycles. The Morgan fingerprint density at radius 1 is 1.29 bits per heavy atom. The van der Waals surface area contributed by atoms with E-state index in [9.17, 15) is 8.78 Å². The molecule has 0 aliphatic heterocycles. The fourth-order valence-electron chi connectivity index (χ4n) is 1.66. The Hall–Kier alpha value is -1.57. The van der Waals surface area contributed by atoms with Gasteiger partial charge in [0.2, 0.25) is 0 Å². The molecule has 112 valence electrons. The van der Waals surface area contributed by atoms with E-state index in [-0.39, 0.29) is 4.90 Å². The van der Waals surface area contributed by atoms with Gasteiger partial charge in [-0.05, 0) is 23.8 Å². The highest BCUT2D eigenvalue weighted by Gasteiger charge is 2.13. The molecule has 0 bridgehead atoms. The molecule has 7 heteroatoms. The molecule has 0 radical (unpaired) electrons. The number of ether oxygens (including phenoxy) is 1. The van der Waals surface area contributed by atoms with Gasteiger partial charge in [-0.1, -0.05) is 11.8 Å². The summed E-state index contributed by atoms with van der Waals surface area (Å²) in [6, 6.07) is 4.25. The highest BCUT2D eigenvalue weighted by molar-refractivity contribution is 7.99. The first-order valence-corrected chi connectivity index (χ1v) is 7.14. The van der Waals surface area contributed by atoms with Crippen molar-refractivity contribution in [2.24, 2.45) is 0 Å². The normalized spacial score (nSPS) is 10.8. The first-order chi connectivity index (χ1) is 10.2. The van der Waals surface area contributed by atoms with Gasteiger partial charge in [0.1, 0.15) is 23.0 Å². The first kappa shape index (κ1) is 15.8. The van der Waals surface area contributed by atoms with Gasteiger partial charge >= 0.3 is 0 Å². The van der Waals surface area contributed by atoms with E-state index < -0.39 is 11.6 Å². The number of aromatic nitrogens is 2. The third-order valence-corrected chi connectivity index (χ3v) is 3.68. The van der Waals surface area contributed by atoms with E-state index in [4.69, 9.17) is 4.74 Å². The summed E-state index contributed by atoms with van der Waals surface area (Å²) >= 11 is 0.940. The van der Waals surface area contributed by atoms with Gasteiger partial charge in [-0.2, -0.15) is 0 Å². The van der Waals surface area contributed by atoms with E-state index in [1.807, 2.05) is 0 Å². The van der Waals surface area contributed by atoms with Crippen LogP contribution in [-0.4, -0.2) is 30.2 Å². The second kappa shape index (κ2) is 8.02. The average Bonchev–Trinajstić information content (AvgIpc) is 2.48. The van der Waals surface area contributed by atoms with Gasteiger partial charge in [-0.15, -0.1) is 0 Å². The molecule has 0 fully saturated rings. The van der Waals surface area contributed by atoms with Crippen LogP contribution in [0.5, 0.6) is 0 Å². The molecule has 0 spiro atoms. The maximum absolute atomic E-state index is 14.0. The van der Waals surface area contributed by atoms with Crippen molar-refractivity contribution in [3.8, 4) is 0 Å². The van der Waals surface area contributed by atoms with Gasteiger partial charge in [0.05, 0.1) is 11.5 Å². The minimum Gasteiger partial charge on any atom is -0.383 e. The number of rotatable bonds is 7. The summed E-state index contributed by atoms with van der Waals surface area (Å²) in [6.07, 6.45) is 2.87. The Balaban J connectivity index is 2.06. The number of hydrogen-bond donors (Lipinski definition) is 1. The van der Waals surface area contributed by atoms with Crippen molar-refractivity contribution in [1.29, 1.82) is 0 Å². The van der Waals surface area contributed by atoms with E-state index in [1.165, 1.54) is 24.7 Å². The van der Waals surface area contributed by atoms with Gasteiger partial charge in [-0.25, -0.2) is 18.7 Å². The maximum atomic E-state index is 14.0. The van der Waals surface area contributed by atoms with Crippen LogP contribution in [0.4, 0.5) is 8.78 Å². The molecule has 0 atom stereocenters. The largest absolute Gasteiger partial charge is 0.383 e. The fraction of sp³-hybridized carbons (Fsp3) is 0.286. The van der Waals surface area contributed by atoms with E-state index in [0.29, 0.717) is 30.3 Å². The van der Waals surface area contributed by atoms with Crippen molar-refractivity contribution in [2.75, 3.05) is 20.3 Å². The molecule has 0 saturated heterocycles. The molecule has 21 heavy (non-hydrogen) atoms. The number of nitrogens with one attached hydrogen (secondary N) is 1. The third-order valence-electron chi connectivity index (χ3n) is 2.63. The van der Waals surface area contributed by atoms with Crippen molar-refractivity contribution >= 4 is 11.8 Å². The average molecular weight is 311 g/mol. The summed E-state index contributed by atoms with van der Waals surface area (Å²) in [5, 5.41) is 3.53. The van der Waals surface area contributed by atoms with Crippen molar-refractivity contribution in [3.63, 3.8) is 0 Å². The molecule has 1 aromatic heterocycles. The molecular weight excluding hydrogens is 296 g/mol. The lowest BCUT2D eigenvalue weighted by Crippen LogP contribution is -2.18. The van der Waals surface area contributed by atoms with Crippen LogP contribution in [0.25, 0.3) is 0 Å². The minimum absolute atomic E-state index is 0.0608. The van der Waals surface area contributed by atoms with Gasteiger partial charge in [0, 0.05) is 26.4 Å². The molecule has 4 nitrogen and oxygen atoms in total. The van der Waals surface area contributed by atoms with Crippen molar-refractivity contribution < 1.29 is 13.5 Å². The molecule has 0 amide bonds. The van der Waals surface area contributed by atoms with E-state index >= 15 is 0 Å². The van der Waals surface area contributed by atoms with Crippen LogP contribution >= 0.6 is 11.8 Å². The Morgan fingerprint density at radius 3 is 2.67 bits per heavy atom. The summed E-state index contributed by atoms with van der Waals surface area (Å²) < 4.78 is 32.9. The molecule has 2 rings (SSSR count). The smallest absolute Gasteiger partial charge is 0.140 e. The molecule has 2 aromatic rings. The quantitative estimate of drug-likeness (QED) is 0.629. The predicted molar refractivity (Wildman–Crippen MR) is 76.1 cm³/mol. The third kappa shape index (κ3) is 4.73.